The Morgan fingerprint density at radius 1 is 1.10 bits per heavy atom. The molecule has 0 unspecified atom stereocenters. The zero-order valence-electron chi connectivity index (χ0n) is 19.1. The minimum atomic E-state index is 0.236. The number of rotatable bonds is 9. The lowest BCUT2D eigenvalue weighted by Gasteiger charge is -2.14. The number of benzene rings is 2. The topological polar surface area (TPSA) is 63.9 Å². The van der Waals surface area contributed by atoms with Gasteiger partial charge < -0.3 is 18.9 Å². The number of nitrogens with zero attached hydrogens (tertiary/aromatic N) is 3. The van der Waals surface area contributed by atoms with Gasteiger partial charge in [0.15, 0.2) is 0 Å². The molecule has 1 aliphatic heterocycles. The summed E-state index contributed by atoms with van der Waals surface area (Å²) in [5.41, 5.74) is 6.53. The molecule has 1 fully saturated rings. The monoisotopic (exact) mass is 421 g/mol. The minimum Gasteiger partial charge on any atom is -0.490 e. The van der Waals surface area contributed by atoms with E-state index >= 15 is 0 Å². The van der Waals surface area contributed by atoms with Crippen LogP contribution in [0, 0.1) is 13.8 Å². The molecule has 3 aromatic rings. The molecule has 6 heteroatoms. The maximum Gasteiger partial charge on any atom is 0.258 e. The van der Waals surface area contributed by atoms with Gasteiger partial charge in [-0.15, -0.1) is 0 Å². The quantitative estimate of drug-likeness (QED) is 0.462. The highest BCUT2D eigenvalue weighted by Gasteiger charge is 2.24. The smallest absolute Gasteiger partial charge is 0.258 e. The van der Waals surface area contributed by atoms with Crippen LogP contribution in [0.2, 0.25) is 0 Å². The fourth-order valence-corrected chi connectivity index (χ4v) is 3.74. The van der Waals surface area contributed by atoms with Crippen molar-refractivity contribution in [3.05, 3.63) is 52.6 Å². The van der Waals surface area contributed by atoms with Gasteiger partial charge in [0, 0.05) is 17.7 Å². The number of aryl methyl sites for hydroxylation is 3. The Kier molecular flexibility index (Phi) is 6.39. The summed E-state index contributed by atoms with van der Waals surface area (Å²) in [5, 5.41) is 4.27. The van der Waals surface area contributed by atoms with Crippen molar-refractivity contribution < 1.29 is 14.0 Å². The van der Waals surface area contributed by atoms with Crippen LogP contribution in [0.1, 0.15) is 36.1 Å². The molecule has 0 bridgehead atoms. The lowest BCUT2D eigenvalue weighted by molar-refractivity contribution is 0.260. The lowest BCUT2D eigenvalue weighted by atomic mass is 10.0. The Bertz CT molecular complexity index is 1060. The number of hydrogen-bond donors (Lipinski definition) is 0. The Hall–Kier alpha value is -2.70. The molecule has 1 aromatic heterocycles. The van der Waals surface area contributed by atoms with Gasteiger partial charge in [-0.1, -0.05) is 30.6 Å². The molecule has 0 saturated carbocycles. The van der Waals surface area contributed by atoms with Crippen LogP contribution < -0.4 is 4.74 Å². The van der Waals surface area contributed by atoms with Gasteiger partial charge >= 0.3 is 0 Å². The van der Waals surface area contributed by atoms with E-state index < -0.39 is 0 Å². The van der Waals surface area contributed by atoms with Crippen molar-refractivity contribution in [3.8, 4) is 28.6 Å². The second-order valence-corrected chi connectivity index (χ2v) is 8.36. The van der Waals surface area contributed by atoms with E-state index in [2.05, 4.69) is 75.1 Å². The van der Waals surface area contributed by atoms with E-state index in [4.69, 9.17) is 19.0 Å². The molecule has 4 rings (SSSR count). The van der Waals surface area contributed by atoms with Crippen molar-refractivity contribution in [2.75, 3.05) is 26.8 Å². The van der Waals surface area contributed by atoms with E-state index in [1.807, 2.05) is 0 Å². The standard InChI is InChI=1S/C25H31N3O3/c1-6-19-12-20(10-17(4)23(19)30-15-22-14-29-22)24-26-25(31-27-24)21-9-16(3)8-18(11-21)13-28(5)7-2/h8-12,22H,6-7,13-15H2,1-5H3/t22-/m0/s1. The van der Waals surface area contributed by atoms with E-state index in [0.29, 0.717) is 18.3 Å². The van der Waals surface area contributed by atoms with Gasteiger partial charge in [0.05, 0.1) is 6.61 Å². The average molecular weight is 422 g/mol. The second-order valence-electron chi connectivity index (χ2n) is 8.36. The highest BCUT2D eigenvalue weighted by atomic mass is 16.6. The van der Waals surface area contributed by atoms with E-state index in [1.165, 1.54) is 11.1 Å². The zero-order valence-corrected chi connectivity index (χ0v) is 19.1. The first-order chi connectivity index (χ1) is 15.0. The van der Waals surface area contributed by atoms with Gasteiger partial charge in [-0.25, -0.2) is 0 Å². The van der Waals surface area contributed by atoms with Crippen molar-refractivity contribution in [1.29, 1.82) is 0 Å². The summed E-state index contributed by atoms with van der Waals surface area (Å²) < 4.78 is 16.9. The van der Waals surface area contributed by atoms with Crippen molar-refractivity contribution in [3.63, 3.8) is 0 Å². The molecule has 0 N–H and O–H groups in total. The molecule has 31 heavy (non-hydrogen) atoms. The van der Waals surface area contributed by atoms with Crippen LogP contribution in [0.15, 0.2) is 34.9 Å². The van der Waals surface area contributed by atoms with Crippen molar-refractivity contribution in [2.45, 2.75) is 46.8 Å². The summed E-state index contributed by atoms with van der Waals surface area (Å²) in [4.78, 5) is 6.98. The predicted molar refractivity (Wildman–Crippen MR) is 121 cm³/mol. The molecule has 2 aromatic carbocycles. The van der Waals surface area contributed by atoms with E-state index in [0.717, 1.165) is 54.1 Å². The van der Waals surface area contributed by atoms with E-state index in [1.54, 1.807) is 0 Å². The summed E-state index contributed by atoms with van der Waals surface area (Å²) in [6, 6.07) is 10.6. The third-order valence-electron chi connectivity index (χ3n) is 5.61. The maximum absolute atomic E-state index is 6.02. The maximum atomic E-state index is 6.02. The first kappa shape index (κ1) is 21.5. The Morgan fingerprint density at radius 2 is 1.90 bits per heavy atom. The summed E-state index contributed by atoms with van der Waals surface area (Å²) in [7, 11) is 2.12. The molecule has 6 nitrogen and oxygen atoms in total. The fourth-order valence-electron chi connectivity index (χ4n) is 3.74. The van der Waals surface area contributed by atoms with Crippen LogP contribution in [-0.2, 0) is 17.7 Å². The van der Waals surface area contributed by atoms with Crippen LogP contribution in [0.4, 0.5) is 0 Å². The molecule has 1 aliphatic rings. The van der Waals surface area contributed by atoms with E-state index in [-0.39, 0.29) is 6.10 Å². The summed E-state index contributed by atoms with van der Waals surface area (Å²) in [6.07, 6.45) is 1.10. The highest BCUT2D eigenvalue weighted by molar-refractivity contribution is 5.64. The average Bonchev–Trinajstić information content (AvgIpc) is 3.44. The normalized spacial score (nSPS) is 15.5. The van der Waals surface area contributed by atoms with Crippen LogP contribution in [-0.4, -0.2) is 48.0 Å². The number of epoxide rings is 1. The second kappa shape index (κ2) is 9.20. The number of aromatic nitrogens is 2. The molecule has 0 amide bonds. The van der Waals surface area contributed by atoms with Gasteiger partial charge in [0.1, 0.15) is 18.5 Å². The first-order valence-corrected chi connectivity index (χ1v) is 11.0. The highest BCUT2D eigenvalue weighted by Crippen LogP contribution is 2.32. The Balaban J connectivity index is 1.60. The predicted octanol–water partition coefficient (Wildman–Crippen LogP) is 4.81. The lowest BCUT2D eigenvalue weighted by Crippen LogP contribution is -2.16. The Morgan fingerprint density at radius 3 is 2.61 bits per heavy atom. The van der Waals surface area contributed by atoms with Gasteiger partial charge in [-0.3, -0.25) is 0 Å². The molecule has 1 atom stereocenters. The molecule has 1 saturated heterocycles. The van der Waals surface area contributed by atoms with Gasteiger partial charge in [0.2, 0.25) is 5.82 Å². The first-order valence-electron chi connectivity index (χ1n) is 11.0. The minimum absolute atomic E-state index is 0.236. The summed E-state index contributed by atoms with van der Waals surface area (Å²) in [5.74, 6) is 2.08. The van der Waals surface area contributed by atoms with Crippen molar-refractivity contribution in [1.82, 2.24) is 15.0 Å². The van der Waals surface area contributed by atoms with Gasteiger partial charge in [-0.2, -0.15) is 4.98 Å². The van der Waals surface area contributed by atoms with Crippen molar-refractivity contribution >= 4 is 0 Å². The Labute approximate surface area is 184 Å². The third kappa shape index (κ3) is 5.14. The largest absolute Gasteiger partial charge is 0.490 e. The molecule has 164 valence electrons. The number of ether oxygens (including phenoxy) is 2. The zero-order chi connectivity index (χ0) is 22.0. The molecule has 2 heterocycles. The molecular weight excluding hydrogens is 390 g/mol. The van der Waals surface area contributed by atoms with Crippen LogP contribution in [0.3, 0.4) is 0 Å². The summed E-state index contributed by atoms with van der Waals surface area (Å²) >= 11 is 0. The molecule has 0 aliphatic carbocycles. The van der Waals surface area contributed by atoms with Crippen LogP contribution in [0.5, 0.6) is 5.75 Å². The molecule has 0 radical (unpaired) electrons. The van der Waals surface area contributed by atoms with Crippen molar-refractivity contribution in [2.24, 2.45) is 0 Å². The van der Waals surface area contributed by atoms with E-state index in [9.17, 15) is 0 Å². The van der Waals surface area contributed by atoms with Gasteiger partial charge in [-0.05, 0) is 74.8 Å². The third-order valence-corrected chi connectivity index (χ3v) is 5.61. The van der Waals surface area contributed by atoms with Gasteiger partial charge in [0.25, 0.3) is 5.89 Å². The number of hydrogen-bond acceptors (Lipinski definition) is 6. The van der Waals surface area contributed by atoms with Crippen LogP contribution >= 0.6 is 0 Å². The van der Waals surface area contributed by atoms with Crippen LogP contribution in [0.25, 0.3) is 22.8 Å². The fraction of sp³-hybridized carbons (Fsp3) is 0.440. The SMILES string of the molecule is CCc1cc(-c2noc(-c3cc(C)cc(CN(C)CC)c3)n2)cc(C)c1OC[C@@H]1CO1. The summed E-state index contributed by atoms with van der Waals surface area (Å²) in [6.45, 7) is 11.7. The molecule has 0 spiro atoms. The molecular formula is C25H31N3O3.